The Morgan fingerprint density at radius 1 is 0.929 bits per heavy atom. The average Bonchev–Trinajstić information content (AvgIpc) is 2.70. The van der Waals surface area contributed by atoms with Gasteiger partial charge in [-0.15, -0.1) is 0 Å². The Labute approximate surface area is 165 Å². The van der Waals surface area contributed by atoms with Gasteiger partial charge in [0.1, 0.15) is 0 Å². The molecule has 2 rings (SSSR count). The van der Waals surface area contributed by atoms with E-state index < -0.39 is 6.09 Å². The molecular formula is C22H28N2O4. The lowest BCUT2D eigenvalue weighted by atomic mass is 10.1. The number of ether oxygens (including phenoxy) is 1. The third-order valence-electron chi connectivity index (χ3n) is 4.22. The smallest absolute Gasteiger partial charge is 0.404 e. The molecule has 0 fully saturated rings. The van der Waals surface area contributed by atoms with Gasteiger partial charge in [0.05, 0.1) is 6.61 Å². The number of amides is 1. The largest absolute Gasteiger partial charge is 0.465 e. The predicted molar refractivity (Wildman–Crippen MR) is 110 cm³/mol. The summed E-state index contributed by atoms with van der Waals surface area (Å²) >= 11 is 0. The molecule has 0 saturated heterocycles. The minimum Gasteiger partial charge on any atom is -0.465 e. The molecule has 1 amide bonds. The third kappa shape index (κ3) is 8.68. The zero-order valence-corrected chi connectivity index (χ0v) is 16.0. The number of carbonyl (C=O) groups excluding carboxylic acids is 1. The number of ketones is 1. The van der Waals surface area contributed by atoms with Gasteiger partial charge < -0.3 is 20.5 Å². The average molecular weight is 384 g/mol. The van der Waals surface area contributed by atoms with Gasteiger partial charge in [0.2, 0.25) is 0 Å². The quantitative estimate of drug-likeness (QED) is 0.353. The topological polar surface area (TPSA) is 87.7 Å². The van der Waals surface area contributed by atoms with Crippen molar-refractivity contribution in [2.24, 2.45) is 0 Å². The lowest BCUT2D eigenvalue weighted by Gasteiger charge is -2.09. The summed E-state index contributed by atoms with van der Waals surface area (Å²) in [7, 11) is 0. The maximum Gasteiger partial charge on any atom is 0.404 e. The van der Waals surface area contributed by atoms with Crippen LogP contribution in [-0.4, -0.2) is 36.7 Å². The van der Waals surface area contributed by atoms with E-state index in [9.17, 15) is 9.59 Å². The monoisotopic (exact) mass is 384 g/mol. The minimum atomic E-state index is -1.12. The van der Waals surface area contributed by atoms with E-state index in [1.165, 1.54) is 5.56 Å². The molecule has 0 aliphatic heterocycles. The van der Waals surface area contributed by atoms with E-state index in [4.69, 9.17) is 9.84 Å². The molecule has 28 heavy (non-hydrogen) atoms. The molecule has 2 aromatic rings. The van der Waals surface area contributed by atoms with Crippen molar-refractivity contribution in [3.8, 4) is 0 Å². The highest BCUT2D eigenvalue weighted by molar-refractivity contribution is 5.97. The highest BCUT2D eigenvalue weighted by atomic mass is 16.5. The molecule has 3 N–H and O–H groups in total. The van der Waals surface area contributed by atoms with Crippen LogP contribution >= 0.6 is 0 Å². The summed E-state index contributed by atoms with van der Waals surface area (Å²) in [5, 5.41) is 14.1. The number of unbranched alkanes of at least 4 members (excludes halogenated alkanes) is 2. The molecule has 0 aliphatic carbocycles. The van der Waals surface area contributed by atoms with E-state index in [-0.39, 0.29) is 18.7 Å². The lowest BCUT2D eigenvalue weighted by molar-refractivity contribution is 0.0983. The van der Waals surface area contributed by atoms with Crippen molar-refractivity contribution < 1.29 is 19.4 Å². The summed E-state index contributed by atoms with van der Waals surface area (Å²) in [6.07, 6.45) is 2.15. The van der Waals surface area contributed by atoms with Gasteiger partial charge in [-0.25, -0.2) is 4.79 Å². The number of hydrogen-bond acceptors (Lipinski definition) is 4. The number of nitrogens with one attached hydrogen (secondary N) is 2. The van der Waals surface area contributed by atoms with Crippen molar-refractivity contribution in [2.45, 2.75) is 32.3 Å². The van der Waals surface area contributed by atoms with Gasteiger partial charge in [0, 0.05) is 37.4 Å². The molecule has 0 spiro atoms. The highest BCUT2D eigenvalue weighted by Crippen LogP contribution is 2.13. The Kier molecular flexibility index (Phi) is 9.58. The van der Waals surface area contributed by atoms with Gasteiger partial charge in [0.25, 0.3) is 0 Å². The summed E-state index contributed by atoms with van der Waals surface area (Å²) < 4.78 is 5.67. The van der Waals surface area contributed by atoms with Crippen LogP contribution in [0.2, 0.25) is 0 Å². The first kappa shape index (κ1) is 21.4. The molecule has 150 valence electrons. The fourth-order valence-corrected chi connectivity index (χ4v) is 2.73. The molecule has 0 unspecified atom stereocenters. The van der Waals surface area contributed by atoms with Crippen molar-refractivity contribution in [1.29, 1.82) is 0 Å². The van der Waals surface area contributed by atoms with Crippen LogP contribution in [0.5, 0.6) is 0 Å². The minimum absolute atomic E-state index is 0.0760. The molecule has 0 bridgehead atoms. The first-order valence-electron chi connectivity index (χ1n) is 9.61. The van der Waals surface area contributed by atoms with E-state index in [1.54, 1.807) is 6.07 Å². The van der Waals surface area contributed by atoms with Crippen molar-refractivity contribution in [1.82, 2.24) is 5.32 Å². The Bertz CT molecular complexity index is 734. The molecule has 0 aliphatic rings. The Morgan fingerprint density at radius 2 is 1.75 bits per heavy atom. The van der Waals surface area contributed by atoms with Crippen LogP contribution in [0.15, 0.2) is 54.6 Å². The molecule has 6 nitrogen and oxygen atoms in total. The number of Topliss-reactive ketones (excluding diaryl/α,β-unsaturated/α-hetero) is 1. The second kappa shape index (κ2) is 12.5. The third-order valence-corrected chi connectivity index (χ3v) is 4.22. The van der Waals surface area contributed by atoms with E-state index >= 15 is 0 Å². The van der Waals surface area contributed by atoms with Crippen molar-refractivity contribution in [3.63, 3.8) is 0 Å². The van der Waals surface area contributed by atoms with Gasteiger partial charge in [-0.2, -0.15) is 0 Å². The maximum absolute atomic E-state index is 12.1. The van der Waals surface area contributed by atoms with Crippen LogP contribution in [0, 0.1) is 0 Å². The summed E-state index contributed by atoms with van der Waals surface area (Å²) in [4.78, 5) is 22.5. The first-order chi connectivity index (χ1) is 13.6. The molecular weight excluding hydrogens is 356 g/mol. The number of anilines is 1. The Hall–Kier alpha value is -2.86. The second-order valence-electron chi connectivity index (χ2n) is 6.51. The molecule has 0 heterocycles. The zero-order valence-electron chi connectivity index (χ0n) is 16.0. The Morgan fingerprint density at radius 3 is 2.54 bits per heavy atom. The van der Waals surface area contributed by atoms with Crippen LogP contribution in [0.3, 0.4) is 0 Å². The van der Waals surface area contributed by atoms with Crippen LogP contribution in [0.4, 0.5) is 10.5 Å². The van der Waals surface area contributed by atoms with Crippen LogP contribution in [0.1, 0.15) is 41.6 Å². The van der Waals surface area contributed by atoms with Gasteiger partial charge >= 0.3 is 6.09 Å². The summed E-state index contributed by atoms with van der Waals surface area (Å²) in [5.74, 6) is -0.0760. The summed E-state index contributed by atoms with van der Waals surface area (Å²) in [6.45, 7) is 2.36. The van der Waals surface area contributed by atoms with E-state index in [0.717, 1.165) is 38.1 Å². The summed E-state index contributed by atoms with van der Waals surface area (Å²) in [6, 6.07) is 17.5. The first-order valence-corrected chi connectivity index (χ1v) is 9.61. The zero-order chi connectivity index (χ0) is 20.0. The van der Waals surface area contributed by atoms with E-state index in [0.29, 0.717) is 12.2 Å². The van der Waals surface area contributed by atoms with Gasteiger partial charge in [-0.1, -0.05) is 42.5 Å². The van der Waals surface area contributed by atoms with Crippen molar-refractivity contribution >= 4 is 17.6 Å². The van der Waals surface area contributed by atoms with Crippen LogP contribution in [0.25, 0.3) is 0 Å². The normalized spacial score (nSPS) is 10.4. The number of benzene rings is 2. The molecule has 0 saturated carbocycles. The molecule has 0 aromatic heterocycles. The second-order valence-corrected chi connectivity index (χ2v) is 6.51. The predicted octanol–water partition coefficient (Wildman–Crippen LogP) is 4.33. The lowest BCUT2D eigenvalue weighted by Crippen LogP contribution is -2.23. The molecule has 6 heteroatoms. The van der Waals surface area contributed by atoms with Crippen molar-refractivity contribution in [2.75, 3.05) is 25.0 Å². The number of rotatable bonds is 13. The SMILES string of the molecule is O=C(O)NCCC(=O)c1cccc(NCCCCCOCc2ccccc2)c1. The van der Waals surface area contributed by atoms with Gasteiger partial charge in [-0.05, 0) is 37.0 Å². The Balaban J connectivity index is 1.57. The summed E-state index contributed by atoms with van der Waals surface area (Å²) in [5.41, 5.74) is 2.68. The van der Waals surface area contributed by atoms with Crippen LogP contribution in [-0.2, 0) is 11.3 Å². The highest BCUT2D eigenvalue weighted by Gasteiger charge is 2.07. The van der Waals surface area contributed by atoms with E-state index in [1.807, 2.05) is 36.4 Å². The van der Waals surface area contributed by atoms with Gasteiger partial charge in [0.15, 0.2) is 5.78 Å². The van der Waals surface area contributed by atoms with Crippen molar-refractivity contribution in [3.05, 3.63) is 65.7 Å². The van der Waals surface area contributed by atoms with E-state index in [2.05, 4.69) is 22.8 Å². The van der Waals surface area contributed by atoms with Crippen LogP contribution < -0.4 is 10.6 Å². The number of carbonyl (C=O) groups is 2. The molecule has 0 radical (unpaired) electrons. The number of carboxylic acid groups (broad SMARTS) is 1. The fourth-order valence-electron chi connectivity index (χ4n) is 2.73. The fraction of sp³-hybridized carbons (Fsp3) is 0.364. The maximum atomic E-state index is 12.1. The standard InChI is InChI=1S/C22H28N2O4/c25-21(12-14-24-22(26)27)19-10-7-11-20(16-19)23-13-5-2-6-15-28-17-18-8-3-1-4-9-18/h1,3-4,7-11,16,23-24H,2,5-6,12-15,17H2,(H,26,27). The molecule has 0 atom stereocenters. The molecule has 2 aromatic carbocycles. The number of hydrogen-bond donors (Lipinski definition) is 3. The van der Waals surface area contributed by atoms with Gasteiger partial charge in [-0.3, -0.25) is 4.79 Å².